The summed E-state index contributed by atoms with van der Waals surface area (Å²) in [5.41, 5.74) is 0.738. The molecule has 0 bridgehead atoms. The summed E-state index contributed by atoms with van der Waals surface area (Å²) < 4.78 is 26.1. The Morgan fingerprint density at radius 2 is 1.79 bits per heavy atom. The number of nitrogens with zero attached hydrogens (tertiary/aromatic N) is 2. The van der Waals surface area contributed by atoms with Crippen molar-refractivity contribution in [2.45, 2.75) is 4.90 Å². The first-order chi connectivity index (χ1) is 11.5. The average molecular weight is 360 g/mol. The zero-order chi connectivity index (χ0) is 17.2. The second kappa shape index (κ2) is 6.58. The van der Waals surface area contributed by atoms with E-state index < -0.39 is 10.0 Å². The zero-order valence-electron chi connectivity index (χ0n) is 12.7. The number of benzene rings is 1. The Morgan fingerprint density at radius 1 is 1.12 bits per heavy atom. The molecule has 1 aromatic heterocycles. The SMILES string of the molecule is CN=C1NC(=O)/C(=C\c2ccc(S(=O)(=O)[n+]3ccccc3)cc2)S1. The zero-order valence-corrected chi connectivity index (χ0v) is 14.3. The fraction of sp³-hybridized carbons (Fsp3) is 0.0625. The van der Waals surface area contributed by atoms with Gasteiger partial charge < -0.3 is 5.32 Å². The molecule has 2 aromatic rings. The van der Waals surface area contributed by atoms with Gasteiger partial charge in [-0.15, -0.1) is 0 Å². The first kappa shape index (κ1) is 16.4. The molecule has 2 heterocycles. The van der Waals surface area contributed by atoms with Gasteiger partial charge in [0.25, 0.3) is 5.91 Å². The van der Waals surface area contributed by atoms with Crippen LogP contribution in [-0.4, -0.2) is 26.5 Å². The van der Waals surface area contributed by atoms with E-state index >= 15 is 0 Å². The number of carbonyl (C=O) groups excluding carboxylic acids is 1. The lowest BCUT2D eigenvalue weighted by molar-refractivity contribution is -0.511. The lowest BCUT2D eigenvalue weighted by atomic mass is 10.2. The van der Waals surface area contributed by atoms with Crippen LogP contribution in [0.5, 0.6) is 0 Å². The number of rotatable bonds is 3. The van der Waals surface area contributed by atoms with Crippen LogP contribution in [-0.2, 0) is 14.8 Å². The van der Waals surface area contributed by atoms with Crippen LogP contribution in [0.15, 0.2) is 69.7 Å². The molecule has 0 radical (unpaired) electrons. The summed E-state index contributed by atoms with van der Waals surface area (Å²) in [5, 5.41) is 3.18. The van der Waals surface area contributed by atoms with Gasteiger partial charge in [0.15, 0.2) is 17.6 Å². The number of amidine groups is 1. The predicted molar refractivity (Wildman–Crippen MR) is 92.7 cm³/mol. The van der Waals surface area contributed by atoms with Gasteiger partial charge >= 0.3 is 10.0 Å². The minimum atomic E-state index is -3.61. The van der Waals surface area contributed by atoms with Crippen molar-refractivity contribution >= 4 is 38.9 Å². The molecule has 1 aliphatic rings. The third-order valence-corrected chi connectivity index (χ3v) is 5.96. The van der Waals surface area contributed by atoms with Crippen molar-refractivity contribution in [3.8, 4) is 0 Å². The summed E-state index contributed by atoms with van der Waals surface area (Å²) in [6.45, 7) is 0. The highest BCUT2D eigenvalue weighted by atomic mass is 32.2. The number of thioether (sulfide) groups is 1. The molecule has 0 unspecified atom stereocenters. The van der Waals surface area contributed by atoms with Crippen molar-refractivity contribution in [2.75, 3.05) is 7.05 Å². The van der Waals surface area contributed by atoms with Gasteiger partial charge in [0.1, 0.15) is 4.90 Å². The third kappa shape index (κ3) is 3.24. The molecule has 3 rings (SSSR count). The largest absolute Gasteiger partial charge is 0.399 e. The van der Waals surface area contributed by atoms with Gasteiger partial charge in [-0.1, -0.05) is 22.2 Å². The van der Waals surface area contributed by atoms with Gasteiger partial charge in [-0.3, -0.25) is 9.79 Å². The van der Waals surface area contributed by atoms with E-state index in [4.69, 9.17) is 0 Å². The molecule has 0 spiro atoms. The van der Waals surface area contributed by atoms with Crippen molar-refractivity contribution in [1.29, 1.82) is 0 Å². The smallest absolute Gasteiger partial charge is 0.301 e. The molecule has 1 aromatic carbocycles. The van der Waals surface area contributed by atoms with E-state index in [9.17, 15) is 13.2 Å². The summed E-state index contributed by atoms with van der Waals surface area (Å²) in [6, 6.07) is 11.4. The number of pyridine rings is 1. The minimum Gasteiger partial charge on any atom is -0.301 e. The molecule has 1 fully saturated rings. The number of nitrogens with one attached hydrogen (secondary N) is 1. The van der Waals surface area contributed by atoms with Crippen molar-refractivity contribution in [3.05, 3.63) is 65.3 Å². The van der Waals surface area contributed by atoms with E-state index in [1.807, 2.05) is 0 Å². The molecule has 1 N–H and O–H groups in total. The topological polar surface area (TPSA) is 79.5 Å². The highest BCUT2D eigenvalue weighted by molar-refractivity contribution is 8.18. The standard InChI is InChI=1S/C16H13N3O3S2/c1-17-16-18-15(20)14(23-16)11-12-5-7-13(8-6-12)24(21,22)19-9-3-2-4-10-19/h2-11H,1H3/p+1/b14-11+. The third-order valence-electron chi connectivity index (χ3n) is 3.30. The van der Waals surface area contributed by atoms with Crippen LogP contribution in [0.25, 0.3) is 6.08 Å². The number of aromatic nitrogens is 1. The molecule has 122 valence electrons. The van der Waals surface area contributed by atoms with E-state index in [0.717, 1.165) is 9.54 Å². The Balaban J connectivity index is 1.88. The van der Waals surface area contributed by atoms with E-state index in [1.165, 1.54) is 36.3 Å². The van der Waals surface area contributed by atoms with E-state index in [1.54, 1.807) is 43.5 Å². The van der Waals surface area contributed by atoms with E-state index in [-0.39, 0.29) is 10.8 Å². The molecular weight excluding hydrogens is 346 g/mol. The lowest BCUT2D eigenvalue weighted by Crippen LogP contribution is -2.41. The Kier molecular flexibility index (Phi) is 4.50. The number of carbonyl (C=O) groups is 1. The summed E-state index contributed by atoms with van der Waals surface area (Å²) >= 11 is 1.25. The quantitative estimate of drug-likeness (QED) is 0.663. The van der Waals surface area contributed by atoms with Crippen molar-refractivity contribution in [3.63, 3.8) is 0 Å². The molecular formula is C16H14N3O3S2+. The molecule has 0 aliphatic carbocycles. The maximum absolute atomic E-state index is 12.5. The number of aliphatic imine (C=N–C) groups is 1. The Morgan fingerprint density at radius 3 is 2.38 bits per heavy atom. The highest BCUT2D eigenvalue weighted by Gasteiger charge is 2.25. The molecule has 1 amide bonds. The van der Waals surface area contributed by atoms with Gasteiger partial charge in [0.05, 0.1) is 4.91 Å². The van der Waals surface area contributed by atoms with Crippen molar-refractivity contribution < 1.29 is 17.2 Å². The second-order valence-corrected chi connectivity index (χ2v) is 7.75. The average Bonchev–Trinajstić information content (AvgIpc) is 2.96. The van der Waals surface area contributed by atoms with E-state index in [0.29, 0.717) is 10.1 Å². The molecule has 8 heteroatoms. The lowest BCUT2D eigenvalue weighted by Gasteiger charge is -2.00. The van der Waals surface area contributed by atoms with Gasteiger partial charge in [0, 0.05) is 19.2 Å². The Bertz CT molecular complexity index is 934. The Labute approximate surface area is 144 Å². The number of hydrogen-bond acceptors (Lipinski definition) is 5. The molecule has 1 aliphatic heterocycles. The summed E-state index contributed by atoms with van der Waals surface area (Å²) in [6.07, 6.45) is 4.66. The van der Waals surface area contributed by atoms with Crippen LogP contribution in [0.1, 0.15) is 5.56 Å². The van der Waals surface area contributed by atoms with Crippen LogP contribution in [0.3, 0.4) is 0 Å². The van der Waals surface area contributed by atoms with Crippen molar-refractivity contribution in [2.24, 2.45) is 4.99 Å². The summed E-state index contributed by atoms with van der Waals surface area (Å²) in [4.78, 5) is 16.4. The summed E-state index contributed by atoms with van der Waals surface area (Å²) in [5.74, 6) is -0.211. The van der Waals surface area contributed by atoms with Crippen molar-refractivity contribution in [1.82, 2.24) is 5.32 Å². The van der Waals surface area contributed by atoms with Crippen LogP contribution >= 0.6 is 11.8 Å². The highest BCUT2D eigenvalue weighted by Crippen LogP contribution is 2.26. The minimum absolute atomic E-state index is 0.181. The molecule has 0 atom stereocenters. The number of amides is 1. The van der Waals surface area contributed by atoms with Gasteiger partial charge in [-0.2, -0.15) is 8.42 Å². The molecule has 6 nitrogen and oxygen atoms in total. The van der Waals surface area contributed by atoms with Gasteiger partial charge in [-0.25, -0.2) is 0 Å². The maximum atomic E-state index is 12.5. The summed E-state index contributed by atoms with van der Waals surface area (Å²) in [7, 11) is -2.01. The Hall–Kier alpha value is -2.45. The normalized spacial score (nSPS) is 18.1. The van der Waals surface area contributed by atoms with Gasteiger partial charge in [-0.05, 0) is 35.5 Å². The van der Waals surface area contributed by atoms with E-state index in [2.05, 4.69) is 10.3 Å². The number of hydrogen-bond donors (Lipinski definition) is 1. The monoisotopic (exact) mass is 360 g/mol. The molecule has 1 saturated heterocycles. The molecule has 0 saturated carbocycles. The van der Waals surface area contributed by atoms with Crippen LogP contribution in [0.2, 0.25) is 0 Å². The second-order valence-electron chi connectivity index (χ2n) is 4.87. The first-order valence-corrected chi connectivity index (χ1v) is 9.26. The molecule has 24 heavy (non-hydrogen) atoms. The van der Waals surface area contributed by atoms with Crippen LogP contribution in [0.4, 0.5) is 0 Å². The van der Waals surface area contributed by atoms with Crippen LogP contribution in [0, 0.1) is 0 Å². The maximum Gasteiger partial charge on any atom is 0.399 e. The predicted octanol–water partition coefficient (Wildman–Crippen LogP) is 1.40. The van der Waals surface area contributed by atoms with Gasteiger partial charge in [0.2, 0.25) is 0 Å². The van der Waals surface area contributed by atoms with Crippen LogP contribution < -0.4 is 9.29 Å². The fourth-order valence-corrected chi connectivity index (χ4v) is 4.05. The fourth-order valence-electron chi connectivity index (χ4n) is 2.08. The first-order valence-electron chi connectivity index (χ1n) is 7.00.